The standard InChI is InChI=1S/C18H30O2S/c1-11(19)12(2)21-13-9-14(17(3,4)5)16(20)15(10-13)18(6,7)8/h9-12,19-20H,1-8H3. The molecule has 2 N–H and O–H groups in total. The van der Waals surface area contributed by atoms with Gasteiger partial charge in [-0.3, -0.25) is 0 Å². The van der Waals surface area contributed by atoms with E-state index >= 15 is 0 Å². The number of thioether (sulfide) groups is 1. The topological polar surface area (TPSA) is 40.5 Å². The monoisotopic (exact) mass is 310 g/mol. The molecule has 0 amide bonds. The summed E-state index contributed by atoms with van der Waals surface area (Å²) < 4.78 is 0. The van der Waals surface area contributed by atoms with Crippen molar-refractivity contribution in [3.63, 3.8) is 0 Å². The summed E-state index contributed by atoms with van der Waals surface area (Å²) in [6, 6.07) is 4.13. The first-order chi connectivity index (χ1) is 9.34. The predicted octanol–water partition coefficient (Wildman–Crippen LogP) is 4.85. The molecule has 1 aromatic carbocycles. The quantitative estimate of drug-likeness (QED) is 0.784. The Hall–Kier alpha value is -0.670. The van der Waals surface area contributed by atoms with Crippen molar-refractivity contribution < 1.29 is 10.2 Å². The van der Waals surface area contributed by atoms with E-state index in [0.29, 0.717) is 5.75 Å². The molecule has 2 atom stereocenters. The summed E-state index contributed by atoms with van der Waals surface area (Å²) >= 11 is 1.66. The number of hydrogen-bond donors (Lipinski definition) is 2. The molecule has 0 aromatic heterocycles. The van der Waals surface area contributed by atoms with Crippen LogP contribution in [0.25, 0.3) is 0 Å². The first-order valence-electron chi connectivity index (χ1n) is 7.56. The third-order valence-electron chi connectivity index (χ3n) is 3.70. The summed E-state index contributed by atoms with van der Waals surface area (Å²) in [5.41, 5.74) is 1.70. The van der Waals surface area contributed by atoms with Crippen LogP contribution in [0.3, 0.4) is 0 Å². The van der Waals surface area contributed by atoms with Gasteiger partial charge in [-0.2, -0.15) is 0 Å². The van der Waals surface area contributed by atoms with E-state index in [1.165, 1.54) is 0 Å². The van der Waals surface area contributed by atoms with Gasteiger partial charge < -0.3 is 10.2 Å². The summed E-state index contributed by atoms with van der Waals surface area (Å²) in [5, 5.41) is 20.5. The van der Waals surface area contributed by atoms with Crippen LogP contribution in [0.2, 0.25) is 0 Å². The van der Waals surface area contributed by atoms with Gasteiger partial charge in [0.15, 0.2) is 0 Å². The molecule has 2 unspecified atom stereocenters. The Balaban J connectivity index is 3.41. The second-order valence-electron chi connectivity index (χ2n) is 7.93. The van der Waals surface area contributed by atoms with Gasteiger partial charge in [-0.25, -0.2) is 0 Å². The minimum atomic E-state index is -0.361. The van der Waals surface area contributed by atoms with Crippen LogP contribution in [-0.2, 0) is 10.8 Å². The van der Waals surface area contributed by atoms with Gasteiger partial charge in [0.2, 0.25) is 0 Å². The molecule has 2 nitrogen and oxygen atoms in total. The average Bonchev–Trinajstić information content (AvgIpc) is 2.27. The molecule has 1 rings (SSSR count). The van der Waals surface area contributed by atoms with E-state index in [-0.39, 0.29) is 22.2 Å². The maximum absolute atomic E-state index is 10.7. The highest BCUT2D eigenvalue weighted by Gasteiger charge is 2.27. The molecule has 21 heavy (non-hydrogen) atoms. The summed E-state index contributed by atoms with van der Waals surface area (Å²) in [5.74, 6) is 0.407. The second-order valence-corrected chi connectivity index (χ2v) is 9.38. The number of aromatic hydroxyl groups is 1. The molecule has 0 fully saturated rings. The van der Waals surface area contributed by atoms with Crippen LogP contribution < -0.4 is 0 Å². The first kappa shape index (κ1) is 18.4. The van der Waals surface area contributed by atoms with E-state index in [4.69, 9.17) is 0 Å². The molecule has 0 heterocycles. The molecule has 0 saturated heterocycles. The summed E-state index contributed by atoms with van der Waals surface area (Å²) in [6.45, 7) is 16.5. The highest BCUT2D eigenvalue weighted by Crippen LogP contribution is 2.42. The lowest BCUT2D eigenvalue weighted by molar-refractivity contribution is 0.196. The second kappa shape index (κ2) is 6.21. The first-order valence-corrected chi connectivity index (χ1v) is 8.44. The normalized spacial score (nSPS) is 15.9. The third-order valence-corrected chi connectivity index (χ3v) is 4.97. The average molecular weight is 311 g/mol. The molecule has 0 bridgehead atoms. The molecule has 0 aliphatic carbocycles. The van der Waals surface area contributed by atoms with Crippen molar-refractivity contribution >= 4 is 11.8 Å². The molecule has 120 valence electrons. The van der Waals surface area contributed by atoms with Crippen LogP contribution in [0.5, 0.6) is 5.75 Å². The Morgan fingerprint density at radius 3 is 1.57 bits per heavy atom. The molecular weight excluding hydrogens is 280 g/mol. The fourth-order valence-corrected chi connectivity index (χ4v) is 3.13. The van der Waals surface area contributed by atoms with E-state index < -0.39 is 0 Å². The van der Waals surface area contributed by atoms with E-state index in [9.17, 15) is 10.2 Å². The summed E-state index contributed by atoms with van der Waals surface area (Å²) in [6.07, 6.45) is -0.361. The number of benzene rings is 1. The predicted molar refractivity (Wildman–Crippen MR) is 92.5 cm³/mol. The third kappa shape index (κ3) is 4.65. The largest absolute Gasteiger partial charge is 0.507 e. The smallest absolute Gasteiger partial charge is 0.123 e. The fourth-order valence-electron chi connectivity index (χ4n) is 2.13. The number of aliphatic hydroxyl groups excluding tert-OH is 1. The lowest BCUT2D eigenvalue weighted by atomic mass is 9.79. The Kier molecular flexibility index (Phi) is 5.44. The molecule has 1 aromatic rings. The van der Waals surface area contributed by atoms with Gasteiger partial charge in [0, 0.05) is 21.3 Å². The van der Waals surface area contributed by atoms with Crippen molar-refractivity contribution in [2.45, 2.75) is 82.5 Å². The molecule has 0 saturated carbocycles. The highest BCUT2D eigenvalue weighted by molar-refractivity contribution is 8.00. The van der Waals surface area contributed by atoms with Crippen LogP contribution in [-0.4, -0.2) is 21.6 Å². The van der Waals surface area contributed by atoms with Crippen LogP contribution in [0.15, 0.2) is 17.0 Å². The maximum atomic E-state index is 10.7. The van der Waals surface area contributed by atoms with E-state index in [1.54, 1.807) is 11.8 Å². The van der Waals surface area contributed by atoms with Crippen molar-refractivity contribution in [3.05, 3.63) is 23.3 Å². The van der Waals surface area contributed by atoms with Crippen molar-refractivity contribution in [3.8, 4) is 5.75 Å². The molecule has 0 spiro atoms. The van der Waals surface area contributed by atoms with Gasteiger partial charge in [0.05, 0.1) is 6.10 Å². The molecule has 0 aliphatic rings. The molecular formula is C18H30O2S. The van der Waals surface area contributed by atoms with Crippen LogP contribution in [0.4, 0.5) is 0 Å². The SMILES string of the molecule is CC(O)C(C)Sc1cc(C(C)(C)C)c(O)c(C(C)(C)C)c1. The zero-order valence-electron chi connectivity index (χ0n) is 14.6. The van der Waals surface area contributed by atoms with E-state index in [1.807, 2.05) is 13.8 Å². The van der Waals surface area contributed by atoms with Gasteiger partial charge >= 0.3 is 0 Å². The van der Waals surface area contributed by atoms with E-state index in [0.717, 1.165) is 16.0 Å². The molecule has 0 aliphatic heterocycles. The zero-order valence-corrected chi connectivity index (χ0v) is 15.4. The Labute approximate surface area is 134 Å². The number of hydrogen-bond acceptors (Lipinski definition) is 3. The lowest BCUT2D eigenvalue weighted by Gasteiger charge is -2.28. The summed E-state index contributed by atoms with van der Waals surface area (Å²) in [7, 11) is 0. The number of phenols is 1. The van der Waals surface area contributed by atoms with Gasteiger partial charge in [0.25, 0.3) is 0 Å². The fraction of sp³-hybridized carbons (Fsp3) is 0.667. The minimum absolute atomic E-state index is 0.116. The number of phenolic OH excluding ortho intramolecular Hbond substituents is 1. The van der Waals surface area contributed by atoms with Crippen LogP contribution in [0.1, 0.15) is 66.5 Å². The summed E-state index contributed by atoms with van der Waals surface area (Å²) in [4.78, 5) is 1.11. The minimum Gasteiger partial charge on any atom is -0.507 e. The van der Waals surface area contributed by atoms with Crippen molar-refractivity contribution in [2.75, 3.05) is 0 Å². The molecule has 3 heteroatoms. The van der Waals surface area contributed by atoms with Gasteiger partial charge in [-0.05, 0) is 29.9 Å². The number of rotatable bonds is 3. The lowest BCUT2D eigenvalue weighted by Crippen LogP contribution is -2.18. The van der Waals surface area contributed by atoms with Crippen molar-refractivity contribution in [1.82, 2.24) is 0 Å². The van der Waals surface area contributed by atoms with Gasteiger partial charge in [-0.15, -0.1) is 11.8 Å². The Bertz CT molecular complexity index is 458. The van der Waals surface area contributed by atoms with Crippen molar-refractivity contribution in [2.24, 2.45) is 0 Å². The van der Waals surface area contributed by atoms with Crippen LogP contribution >= 0.6 is 11.8 Å². The van der Waals surface area contributed by atoms with E-state index in [2.05, 4.69) is 53.7 Å². The van der Waals surface area contributed by atoms with Crippen molar-refractivity contribution in [1.29, 1.82) is 0 Å². The maximum Gasteiger partial charge on any atom is 0.123 e. The van der Waals surface area contributed by atoms with Gasteiger partial charge in [-0.1, -0.05) is 48.5 Å². The Morgan fingerprint density at radius 1 is 0.905 bits per heavy atom. The molecule has 0 radical (unpaired) electrons. The Morgan fingerprint density at radius 2 is 1.29 bits per heavy atom. The zero-order chi connectivity index (χ0) is 16.6. The van der Waals surface area contributed by atoms with Gasteiger partial charge in [0.1, 0.15) is 5.75 Å². The number of aliphatic hydroxyl groups is 1. The highest BCUT2D eigenvalue weighted by atomic mass is 32.2. The van der Waals surface area contributed by atoms with Crippen LogP contribution in [0, 0.1) is 0 Å².